The Morgan fingerprint density at radius 1 is 1.36 bits per heavy atom. The molecule has 2 heterocycles. The molecule has 1 aromatic carbocycles. The molecule has 0 bridgehead atoms. The molecule has 2 aromatic heterocycles. The van der Waals surface area contributed by atoms with Gasteiger partial charge in [0.15, 0.2) is 11.0 Å². The number of allylic oxidation sites excluding steroid dienone is 1. The number of benzene rings is 1. The third kappa shape index (κ3) is 4.71. The molecule has 0 unspecified atom stereocenters. The van der Waals surface area contributed by atoms with Gasteiger partial charge in [-0.05, 0) is 30.3 Å². The molecule has 3 aromatic rings. The van der Waals surface area contributed by atoms with Crippen LogP contribution < -0.4 is 10.1 Å². The first-order valence-corrected chi connectivity index (χ1v) is 9.70. The molecule has 0 spiro atoms. The Labute approximate surface area is 171 Å². The van der Waals surface area contributed by atoms with Crippen LogP contribution in [0.2, 0.25) is 5.02 Å². The SMILES string of the molecule is C=CCn1c(SCC(=O)Nc2ccc(OC)c(Cl)c2)nnc1-c1ccccn1. The van der Waals surface area contributed by atoms with Crippen molar-refractivity contribution in [1.82, 2.24) is 19.7 Å². The quantitative estimate of drug-likeness (QED) is 0.443. The number of nitrogens with one attached hydrogen (secondary N) is 1. The van der Waals surface area contributed by atoms with Gasteiger partial charge >= 0.3 is 0 Å². The summed E-state index contributed by atoms with van der Waals surface area (Å²) in [5.41, 5.74) is 1.30. The van der Waals surface area contributed by atoms with Crippen molar-refractivity contribution in [3.63, 3.8) is 0 Å². The monoisotopic (exact) mass is 415 g/mol. The second-order valence-corrected chi connectivity index (χ2v) is 6.96. The van der Waals surface area contributed by atoms with Gasteiger partial charge in [-0.3, -0.25) is 14.3 Å². The molecule has 0 aliphatic rings. The number of carbonyl (C=O) groups is 1. The van der Waals surface area contributed by atoms with Crippen LogP contribution in [0.25, 0.3) is 11.5 Å². The number of hydrogen-bond donors (Lipinski definition) is 1. The van der Waals surface area contributed by atoms with Gasteiger partial charge < -0.3 is 10.1 Å². The Bertz CT molecular complexity index is 978. The fourth-order valence-corrected chi connectivity index (χ4v) is 3.45. The lowest BCUT2D eigenvalue weighted by atomic mass is 10.3. The van der Waals surface area contributed by atoms with Crippen LogP contribution in [0.1, 0.15) is 0 Å². The summed E-state index contributed by atoms with van der Waals surface area (Å²) in [6, 6.07) is 10.6. The minimum absolute atomic E-state index is 0.168. The number of rotatable bonds is 8. The highest BCUT2D eigenvalue weighted by Crippen LogP contribution is 2.27. The largest absolute Gasteiger partial charge is 0.495 e. The van der Waals surface area contributed by atoms with Crippen molar-refractivity contribution in [3.05, 3.63) is 60.3 Å². The topological polar surface area (TPSA) is 81.9 Å². The van der Waals surface area contributed by atoms with Crippen molar-refractivity contribution in [2.45, 2.75) is 11.7 Å². The van der Waals surface area contributed by atoms with Crippen LogP contribution >= 0.6 is 23.4 Å². The predicted octanol–water partition coefficient (Wildman–Crippen LogP) is 3.92. The van der Waals surface area contributed by atoms with Gasteiger partial charge in [-0.15, -0.1) is 16.8 Å². The number of hydrogen-bond acceptors (Lipinski definition) is 6. The number of ether oxygens (including phenoxy) is 1. The van der Waals surface area contributed by atoms with Gasteiger partial charge in [0, 0.05) is 18.4 Å². The van der Waals surface area contributed by atoms with Crippen molar-refractivity contribution in [3.8, 4) is 17.3 Å². The summed E-state index contributed by atoms with van der Waals surface area (Å²) in [5.74, 6) is 1.17. The number of methoxy groups -OCH3 is 1. The lowest BCUT2D eigenvalue weighted by Gasteiger charge is -2.09. The molecule has 1 amide bonds. The summed E-state index contributed by atoms with van der Waals surface area (Å²) in [7, 11) is 1.54. The standard InChI is InChI=1S/C19H18ClN5O2S/c1-3-10-25-18(15-6-4-5-9-21-15)23-24-19(25)28-12-17(26)22-13-7-8-16(27-2)14(20)11-13/h3-9,11H,1,10,12H2,2H3,(H,22,26). The molecule has 0 fully saturated rings. The van der Waals surface area contributed by atoms with E-state index in [4.69, 9.17) is 16.3 Å². The van der Waals surface area contributed by atoms with E-state index in [1.807, 2.05) is 22.8 Å². The van der Waals surface area contributed by atoms with Crippen molar-refractivity contribution in [1.29, 1.82) is 0 Å². The fourth-order valence-electron chi connectivity index (χ4n) is 2.44. The van der Waals surface area contributed by atoms with Gasteiger partial charge in [-0.1, -0.05) is 35.5 Å². The maximum Gasteiger partial charge on any atom is 0.234 e. The van der Waals surface area contributed by atoms with E-state index in [9.17, 15) is 4.79 Å². The van der Waals surface area contributed by atoms with Gasteiger partial charge in [-0.2, -0.15) is 0 Å². The Morgan fingerprint density at radius 2 is 2.21 bits per heavy atom. The molecule has 144 valence electrons. The average molecular weight is 416 g/mol. The van der Waals surface area contributed by atoms with E-state index in [1.54, 1.807) is 30.5 Å². The minimum atomic E-state index is -0.182. The van der Waals surface area contributed by atoms with Gasteiger partial charge in [0.05, 0.1) is 17.9 Å². The van der Waals surface area contributed by atoms with Crippen LogP contribution in [0.3, 0.4) is 0 Å². The van der Waals surface area contributed by atoms with Crippen LogP contribution in [0.4, 0.5) is 5.69 Å². The third-order valence-electron chi connectivity index (χ3n) is 3.69. The molecule has 7 nitrogen and oxygen atoms in total. The second-order valence-electron chi connectivity index (χ2n) is 5.61. The molecule has 0 saturated carbocycles. The Balaban J connectivity index is 1.68. The van der Waals surface area contributed by atoms with Gasteiger partial charge in [0.1, 0.15) is 11.4 Å². The number of carbonyl (C=O) groups excluding carboxylic acids is 1. The zero-order chi connectivity index (χ0) is 19.9. The maximum atomic E-state index is 12.3. The summed E-state index contributed by atoms with van der Waals surface area (Å²) >= 11 is 7.37. The van der Waals surface area contributed by atoms with Crippen LogP contribution in [0, 0.1) is 0 Å². The molecule has 0 radical (unpaired) electrons. The molecule has 1 N–H and O–H groups in total. The van der Waals surface area contributed by atoms with E-state index in [-0.39, 0.29) is 11.7 Å². The molecule has 3 rings (SSSR count). The fraction of sp³-hybridized carbons (Fsp3) is 0.158. The normalized spacial score (nSPS) is 10.5. The van der Waals surface area contributed by atoms with E-state index < -0.39 is 0 Å². The number of aromatic nitrogens is 4. The van der Waals surface area contributed by atoms with Gasteiger partial charge in [-0.25, -0.2) is 0 Å². The summed E-state index contributed by atoms with van der Waals surface area (Å²) in [6.07, 6.45) is 3.45. The number of nitrogens with zero attached hydrogens (tertiary/aromatic N) is 4. The van der Waals surface area contributed by atoms with E-state index in [2.05, 4.69) is 27.1 Å². The zero-order valence-corrected chi connectivity index (χ0v) is 16.7. The first-order chi connectivity index (χ1) is 13.6. The molecule has 0 aliphatic heterocycles. The van der Waals surface area contributed by atoms with Crippen LogP contribution in [0.15, 0.2) is 60.4 Å². The Kier molecular flexibility index (Phi) is 6.67. The van der Waals surface area contributed by atoms with Gasteiger partial charge in [0.2, 0.25) is 5.91 Å². The maximum absolute atomic E-state index is 12.3. The average Bonchev–Trinajstić information content (AvgIpc) is 3.10. The molecule has 0 atom stereocenters. The van der Waals surface area contributed by atoms with Gasteiger partial charge in [0.25, 0.3) is 0 Å². The first kappa shape index (κ1) is 19.9. The minimum Gasteiger partial charge on any atom is -0.495 e. The first-order valence-electron chi connectivity index (χ1n) is 8.34. The smallest absolute Gasteiger partial charge is 0.234 e. The number of anilines is 1. The summed E-state index contributed by atoms with van der Waals surface area (Å²) in [5, 5.41) is 12.3. The van der Waals surface area contributed by atoms with E-state index in [0.29, 0.717) is 39.7 Å². The molecule has 9 heteroatoms. The van der Waals surface area contributed by atoms with E-state index in [1.165, 1.54) is 18.9 Å². The Hall–Kier alpha value is -2.84. The summed E-state index contributed by atoms with van der Waals surface area (Å²) < 4.78 is 6.98. The number of thioether (sulfide) groups is 1. The number of halogens is 1. The summed E-state index contributed by atoms with van der Waals surface area (Å²) in [4.78, 5) is 16.6. The molecular formula is C19H18ClN5O2S. The lowest BCUT2D eigenvalue weighted by molar-refractivity contribution is -0.113. The van der Waals surface area contributed by atoms with E-state index >= 15 is 0 Å². The zero-order valence-electron chi connectivity index (χ0n) is 15.1. The van der Waals surface area contributed by atoms with E-state index in [0.717, 1.165) is 0 Å². The number of amides is 1. The number of pyridine rings is 1. The third-order valence-corrected chi connectivity index (χ3v) is 4.95. The van der Waals surface area contributed by atoms with Crippen LogP contribution in [-0.4, -0.2) is 38.5 Å². The lowest BCUT2D eigenvalue weighted by Crippen LogP contribution is -2.14. The molecule has 0 saturated heterocycles. The molecule has 0 aliphatic carbocycles. The van der Waals surface area contributed by atoms with Crippen LogP contribution in [0.5, 0.6) is 5.75 Å². The summed E-state index contributed by atoms with van der Waals surface area (Å²) in [6.45, 7) is 4.29. The van der Waals surface area contributed by atoms with Crippen molar-refractivity contribution in [2.75, 3.05) is 18.2 Å². The Morgan fingerprint density at radius 3 is 2.89 bits per heavy atom. The van der Waals surface area contributed by atoms with Crippen molar-refractivity contribution >= 4 is 35.0 Å². The van der Waals surface area contributed by atoms with Crippen LogP contribution in [-0.2, 0) is 11.3 Å². The second kappa shape index (κ2) is 9.38. The highest BCUT2D eigenvalue weighted by atomic mass is 35.5. The molecule has 28 heavy (non-hydrogen) atoms. The van der Waals surface area contributed by atoms with Crippen molar-refractivity contribution < 1.29 is 9.53 Å². The highest BCUT2D eigenvalue weighted by molar-refractivity contribution is 7.99. The predicted molar refractivity (Wildman–Crippen MR) is 111 cm³/mol. The van der Waals surface area contributed by atoms with Crippen molar-refractivity contribution in [2.24, 2.45) is 0 Å². The highest BCUT2D eigenvalue weighted by Gasteiger charge is 2.16. The molecular weight excluding hydrogens is 398 g/mol.